The maximum Gasteiger partial charge on any atom is 0.375 e. The highest BCUT2D eigenvalue weighted by atomic mass is 16.7. The Bertz CT molecular complexity index is 634. The van der Waals surface area contributed by atoms with Gasteiger partial charge in [-0.15, -0.1) is 5.06 Å². The molecule has 1 atom stereocenters. The molecule has 0 saturated heterocycles. The molecule has 21 heavy (non-hydrogen) atoms. The van der Waals surface area contributed by atoms with Gasteiger partial charge in [-0.25, -0.2) is 4.79 Å². The van der Waals surface area contributed by atoms with Crippen molar-refractivity contribution in [3.8, 4) is 0 Å². The number of ether oxygens (including phenoxy) is 1. The molecule has 2 aromatic rings. The molecule has 0 aliphatic carbocycles. The van der Waals surface area contributed by atoms with Crippen LogP contribution in [0.5, 0.6) is 0 Å². The van der Waals surface area contributed by atoms with Crippen LogP contribution < -0.4 is 0 Å². The fraction of sp³-hybridized carbons (Fsp3) is 0.188. The predicted molar refractivity (Wildman–Crippen MR) is 74.6 cm³/mol. The lowest BCUT2D eigenvalue weighted by molar-refractivity contribution is -0.161. The van der Waals surface area contributed by atoms with E-state index in [2.05, 4.69) is 0 Å². The zero-order valence-corrected chi connectivity index (χ0v) is 11.6. The van der Waals surface area contributed by atoms with Crippen LogP contribution in [0.25, 0.3) is 0 Å². The van der Waals surface area contributed by atoms with Gasteiger partial charge in [0.05, 0.1) is 19.9 Å². The van der Waals surface area contributed by atoms with E-state index >= 15 is 0 Å². The second-order valence-electron chi connectivity index (χ2n) is 4.63. The third-order valence-corrected chi connectivity index (χ3v) is 3.24. The van der Waals surface area contributed by atoms with Crippen LogP contribution in [0.4, 0.5) is 0 Å². The van der Waals surface area contributed by atoms with Crippen LogP contribution in [0.3, 0.4) is 0 Å². The van der Waals surface area contributed by atoms with Crippen molar-refractivity contribution in [3.63, 3.8) is 0 Å². The molecule has 0 spiro atoms. The molecule has 5 heteroatoms. The molecule has 1 aromatic heterocycles. The van der Waals surface area contributed by atoms with Crippen molar-refractivity contribution in [1.82, 2.24) is 5.06 Å². The van der Waals surface area contributed by atoms with E-state index in [0.717, 1.165) is 5.56 Å². The Morgan fingerprint density at radius 2 is 2.05 bits per heavy atom. The SMILES string of the molecule is COC(=O)C1=C[C@@H](c2ccco2)N(Cc2ccccc2)O1. The zero-order chi connectivity index (χ0) is 14.7. The number of carbonyl (C=O) groups excluding carboxylic acids is 1. The van der Waals surface area contributed by atoms with Gasteiger partial charge in [0.1, 0.15) is 11.8 Å². The molecular formula is C16H15NO4. The van der Waals surface area contributed by atoms with Crippen molar-refractivity contribution in [2.45, 2.75) is 12.6 Å². The lowest BCUT2D eigenvalue weighted by Crippen LogP contribution is -2.23. The monoisotopic (exact) mass is 285 g/mol. The Kier molecular flexibility index (Phi) is 3.75. The molecule has 0 radical (unpaired) electrons. The minimum absolute atomic E-state index is 0.176. The summed E-state index contributed by atoms with van der Waals surface area (Å²) >= 11 is 0. The number of rotatable bonds is 4. The Morgan fingerprint density at radius 1 is 1.24 bits per heavy atom. The average Bonchev–Trinajstić information content (AvgIpc) is 3.16. The highest BCUT2D eigenvalue weighted by molar-refractivity contribution is 5.86. The third-order valence-electron chi connectivity index (χ3n) is 3.24. The summed E-state index contributed by atoms with van der Waals surface area (Å²) < 4.78 is 10.1. The highest BCUT2D eigenvalue weighted by Crippen LogP contribution is 2.33. The summed E-state index contributed by atoms with van der Waals surface area (Å²) in [5.74, 6) is 0.391. The first kappa shape index (κ1) is 13.5. The fourth-order valence-electron chi connectivity index (χ4n) is 2.22. The van der Waals surface area contributed by atoms with Crippen LogP contribution in [0.1, 0.15) is 17.4 Å². The molecule has 1 aliphatic rings. The summed E-state index contributed by atoms with van der Waals surface area (Å²) in [6.07, 6.45) is 3.30. The maximum atomic E-state index is 11.7. The largest absolute Gasteiger partial charge is 0.467 e. The second kappa shape index (κ2) is 5.85. The van der Waals surface area contributed by atoms with E-state index in [-0.39, 0.29) is 11.8 Å². The maximum absolute atomic E-state index is 11.7. The topological polar surface area (TPSA) is 51.9 Å². The highest BCUT2D eigenvalue weighted by Gasteiger charge is 2.33. The van der Waals surface area contributed by atoms with Crippen LogP contribution in [0.2, 0.25) is 0 Å². The smallest absolute Gasteiger partial charge is 0.375 e. The van der Waals surface area contributed by atoms with Crippen molar-refractivity contribution in [1.29, 1.82) is 0 Å². The number of benzene rings is 1. The number of esters is 1. The van der Waals surface area contributed by atoms with Crippen LogP contribution in [-0.4, -0.2) is 18.1 Å². The summed E-state index contributed by atoms with van der Waals surface area (Å²) in [6, 6.07) is 13.3. The van der Waals surface area contributed by atoms with Gasteiger partial charge in [-0.05, 0) is 23.8 Å². The first-order chi connectivity index (χ1) is 10.3. The summed E-state index contributed by atoms with van der Waals surface area (Å²) in [4.78, 5) is 17.3. The lowest BCUT2D eigenvalue weighted by Gasteiger charge is -2.21. The predicted octanol–water partition coefficient (Wildman–Crippen LogP) is 2.83. The van der Waals surface area contributed by atoms with E-state index in [0.29, 0.717) is 12.3 Å². The van der Waals surface area contributed by atoms with E-state index in [1.807, 2.05) is 36.4 Å². The molecule has 2 heterocycles. The van der Waals surface area contributed by atoms with Gasteiger partial charge >= 0.3 is 5.97 Å². The molecule has 0 N–H and O–H groups in total. The van der Waals surface area contributed by atoms with Crippen molar-refractivity contribution in [2.75, 3.05) is 7.11 Å². The normalized spacial score (nSPS) is 18.1. The molecule has 3 rings (SSSR count). The molecule has 5 nitrogen and oxygen atoms in total. The van der Waals surface area contributed by atoms with E-state index < -0.39 is 5.97 Å². The van der Waals surface area contributed by atoms with Gasteiger partial charge in [0.25, 0.3) is 0 Å². The molecule has 0 fully saturated rings. The van der Waals surface area contributed by atoms with Gasteiger partial charge in [-0.1, -0.05) is 30.3 Å². The first-order valence-electron chi connectivity index (χ1n) is 6.60. The van der Waals surface area contributed by atoms with Crippen molar-refractivity contribution >= 4 is 5.97 Å². The molecule has 1 aromatic carbocycles. The number of hydrogen-bond acceptors (Lipinski definition) is 5. The van der Waals surface area contributed by atoms with Gasteiger partial charge in [0, 0.05) is 0 Å². The number of nitrogens with zero attached hydrogens (tertiary/aromatic N) is 1. The Balaban J connectivity index is 1.84. The van der Waals surface area contributed by atoms with E-state index in [1.165, 1.54) is 7.11 Å². The molecule has 108 valence electrons. The average molecular weight is 285 g/mol. The fourth-order valence-corrected chi connectivity index (χ4v) is 2.22. The van der Waals surface area contributed by atoms with Gasteiger partial charge in [-0.2, -0.15) is 0 Å². The Morgan fingerprint density at radius 3 is 2.71 bits per heavy atom. The standard InChI is InChI=1S/C16H15NO4/c1-19-16(18)15-10-13(14-8-5-9-20-14)17(21-15)11-12-6-3-2-4-7-12/h2-10,13H,11H2,1H3/t13-/m0/s1. The number of methoxy groups -OCH3 is 1. The molecule has 1 aliphatic heterocycles. The van der Waals surface area contributed by atoms with Crippen molar-refractivity contribution < 1.29 is 18.8 Å². The van der Waals surface area contributed by atoms with Crippen LogP contribution in [-0.2, 0) is 20.9 Å². The molecule has 0 unspecified atom stereocenters. The van der Waals surface area contributed by atoms with E-state index in [9.17, 15) is 4.79 Å². The van der Waals surface area contributed by atoms with Crippen LogP contribution in [0.15, 0.2) is 65.0 Å². The summed E-state index contributed by atoms with van der Waals surface area (Å²) in [5, 5.41) is 1.69. The molecule has 0 bridgehead atoms. The molecular weight excluding hydrogens is 270 g/mol. The number of carbonyl (C=O) groups is 1. The molecule has 0 amide bonds. The summed E-state index contributed by atoms with van der Waals surface area (Å²) in [5.41, 5.74) is 1.08. The third kappa shape index (κ3) is 2.83. The van der Waals surface area contributed by atoms with Crippen molar-refractivity contribution in [2.24, 2.45) is 0 Å². The summed E-state index contributed by atoms with van der Waals surface area (Å²) in [7, 11) is 1.33. The molecule has 0 saturated carbocycles. The quantitative estimate of drug-likeness (QED) is 0.808. The van der Waals surface area contributed by atoms with Gasteiger partial charge in [-0.3, -0.25) is 0 Å². The number of hydroxylamine groups is 2. The summed E-state index contributed by atoms with van der Waals surface area (Å²) in [6.45, 7) is 0.531. The first-order valence-corrected chi connectivity index (χ1v) is 6.60. The van der Waals surface area contributed by atoms with E-state index in [4.69, 9.17) is 14.0 Å². The van der Waals surface area contributed by atoms with Crippen LogP contribution >= 0.6 is 0 Å². The van der Waals surface area contributed by atoms with Crippen molar-refractivity contribution in [3.05, 3.63) is 71.9 Å². The zero-order valence-electron chi connectivity index (χ0n) is 11.6. The number of hydrogen-bond donors (Lipinski definition) is 0. The Labute approximate surface area is 122 Å². The van der Waals surface area contributed by atoms with E-state index in [1.54, 1.807) is 23.5 Å². The van der Waals surface area contributed by atoms with Gasteiger partial charge in [0.2, 0.25) is 5.76 Å². The lowest BCUT2D eigenvalue weighted by atomic mass is 10.1. The van der Waals surface area contributed by atoms with Gasteiger partial charge < -0.3 is 14.0 Å². The Hall–Kier alpha value is -2.53. The minimum Gasteiger partial charge on any atom is -0.467 e. The number of furan rings is 1. The van der Waals surface area contributed by atoms with Gasteiger partial charge in [0.15, 0.2) is 0 Å². The van der Waals surface area contributed by atoms with Crippen LogP contribution in [0, 0.1) is 0 Å². The second-order valence-corrected chi connectivity index (χ2v) is 4.63. The minimum atomic E-state index is -0.498.